The molecule has 0 spiro atoms. The second-order valence-electron chi connectivity index (χ2n) is 13.4. The van der Waals surface area contributed by atoms with Crippen LogP contribution in [0.15, 0.2) is 18.2 Å². The van der Waals surface area contributed by atoms with Crippen molar-refractivity contribution in [1.82, 2.24) is 24.3 Å². The molecule has 1 atom stereocenters. The normalized spacial score (nSPS) is 23.2. The Balaban J connectivity index is 1.39. The molecule has 5 rings (SSSR count). The van der Waals surface area contributed by atoms with E-state index in [0.29, 0.717) is 60.7 Å². The molecule has 3 aliphatic heterocycles. The molecule has 0 radical (unpaired) electrons. The summed E-state index contributed by atoms with van der Waals surface area (Å²) in [5, 5.41) is 30.6. The molecule has 2 aromatic rings. The summed E-state index contributed by atoms with van der Waals surface area (Å²) in [4.78, 5) is 14.9. The van der Waals surface area contributed by atoms with Crippen molar-refractivity contribution in [2.24, 2.45) is 11.8 Å². The highest BCUT2D eigenvalue weighted by Gasteiger charge is 2.44. The number of rotatable bonds is 10. The van der Waals surface area contributed by atoms with Crippen molar-refractivity contribution in [2.45, 2.75) is 65.1 Å². The Morgan fingerprint density at radius 3 is 2.49 bits per heavy atom. The molecule has 1 aromatic carbocycles. The first-order valence-electron chi connectivity index (χ1n) is 17.0. The van der Waals surface area contributed by atoms with Gasteiger partial charge in [-0.15, -0.1) is 0 Å². The third kappa shape index (κ3) is 8.39. The van der Waals surface area contributed by atoms with Gasteiger partial charge in [0.2, 0.25) is 10.0 Å². The van der Waals surface area contributed by atoms with Crippen LogP contribution in [0.1, 0.15) is 56.4 Å². The third-order valence-corrected chi connectivity index (χ3v) is 12.1. The van der Waals surface area contributed by atoms with Crippen LogP contribution in [-0.2, 0) is 29.5 Å². The van der Waals surface area contributed by atoms with Crippen molar-refractivity contribution < 1.29 is 27.9 Å². The van der Waals surface area contributed by atoms with Crippen LogP contribution in [0.25, 0.3) is 11.3 Å². The SMILES string of the molecule is CCN(CC)CC#Cc1cc(-c2nn(C[C@@H](O)C[N+]3(C(=O)O)CCC(C4CCNCC4)CC3)c3c2CN(S(C)(=O)=O)CC3)ccc1Cl. The van der Waals surface area contributed by atoms with Crippen LogP contribution < -0.4 is 5.32 Å². The second kappa shape index (κ2) is 15.4. The van der Waals surface area contributed by atoms with Gasteiger partial charge in [-0.1, -0.05) is 43.4 Å². The highest BCUT2D eigenvalue weighted by atomic mass is 35.5. The molecule has 1 aromatic heterocycles. The number of fused-ring (bicyclic) bond motifs is 1. The summed E-state index contributed by atoms with van der Waals surface area (Å²) in [7, 11) is -3.44. The first kappa shape index (κ1) is 35.8. The van der Waals surface area contributed by atoms with Gasteiger partial charge in [-0.3, -0.25) is 9.58 Å². The van der Waals surface area contributed by atoms with Crippen molar-refractivity contribution in [3.63, 3.8) is 0 Å². The zero-order valence-electron chi connectivity index (χ0n) is 27.9. The smallest absolute Gasteiger partial charge is 0.435 e. The lowest BCUT2D eigenvalue weighted by atomic mass is 9.78. The van der Waals surface area contributed by atoms with Crippen molar-refractivity contribution in [3.8, 4) is 23.1 Å². The van der Waals surface area contributed by atoms with Gasteiger partial charge in [0.1, 0.15) is 12.6 Å². The molecule has 2 saturated heterocycles. The number of nitrogens with one attached hydrogen (secondary N) is 1. The molecule has 1 amide bonds. The molecule has 11 nitrogen and oxygen atoms in total. The standard InChI is InChI=1S/C34H49ClN6O5S/c1-4-38(5-2)17-6-7-27-21-28(8-9-31(27)35)33-30-23-39(47(3,45)46)18-12-32(30)40(37-33)22-29(42)24-41(34(43)44)19-13-26(14-20-41)25-10-15-36-16-11-25/h8-9,21,25-26,29,36,42H,4-5,10-20,22-24H2,1-3H3/p+1/t26?,29-,41?/m1/s1. The van der Waals surface area contributed by atoms with Crippen molar-refractivity contribution in [1.29, 1.82) is 0 Å². The van der Waals surface area contributed by atoms with E-state index in [0.717, 1.165) is 68.7 Å². The average Bonchev–Trinajstić information content (AvgIpc) is 3.41. The first-order valence-corrected chi connectivity index (χ1v) is 19.2. The third-order valence-electron chi connectivity index (χ3n) is 10.5. The number of benzene rings is 1. The predicted molar refractivity (Wildman–Crippen MR) is 184 cm³/mol. The number of halogens is 1. The number of carboxylic acid groups (broad SMARTS) is 1. The van der Waals surface area contributed by atoms with Gasteiger partial charge in [0.15, 0.2) is 0 Å². The zero-order valence-corrected chi connectivity index (χ0v) is 29.5. The van der Waals surface area contributed by atoms with E-state index in [4.69, 9.17) is 16.7 Å². The fourth-order valence-electron chi connectivity index (χ4n) is 7.58. The van der Waals surface area contributed by atoms with E-state index in [1.54, 1.807) is 10.7 Å². The van der Waals surface area contributed by atoms with Crippen LogP contribution in [0.3, 0.4) is 0 Å². The summed E-state index contributed by atoms with van der Waals surface area (Å²) in [6, 6.07) is 5.53. The molecule has 3 aliphatic rings. The van der Waals surface area contributed by atoms with Crippen molar-refractivity contribution in [2.75, 3.05) is 65.2 Å². The zero-order chi connectivity index (χ0) is 33.8. The number of aliphatic hydroxyl groups excluding tert-OH is 1. The molecule has 258 valence electrons. The maximum Gasteiger partial charge on any atom is 0.513 e. The Labute approximate surface area is 284 Å². The summed E-state index contributed by atoms with van der Waals surface area (Å²) in [5.74, 6) is 7.57. The van der Waals surface area contributed by atoms with Crippen LogP contribution in [0.5, 0.6) is 0 Å². The molecule has 0 aliphatic carbocycles. The molecule has 0 bridgehead atoms. The second-order valence-corrected chi connectivity index (χ2v) is 15.8. The Morgan fingerprint density at radius 2 is 1.85 bits per heavy atom. The molecule has 3 N–H and O–H groups in total. The lowest BCUT2D eigenvalue weighted by Gasteiger charge is -2.42. The van der Waals surface area contributed by atoms with Gasteiger partial charge in [0, 0.05) is 54.7 Å². The van der Waals surface area contributed by atoms with Gasteiger partial charge < -0.3 is 15.5 Å². The van der Waals surface area contributed by atoms with Crippen LogP contribution >= 0.6 is 11.6 Å². The maximum atomic E-state index is 12.6. The van der Waals surface area contributed by atoms with E-state index < -0.39 is 22.2 Å². The minimum atomic E-state index is -3.44. The fraction of sp³-hybridized carbons (Fsp3) is 0.647. The highest BCUT2D eigenvalue weighted by molar-refractivity contribution is 7.88. The van der Waals surface area contributed by atoms with E-state index in [1.807, 2.05) is 12.1 Å². The summed E-state index contributed by atoms with van der Waals surface area (Å²) in [5.41, 5.74) is 3.68. The summed E-state index contributed by atoms with van der Waals surface area (Å²) in [6.45, 7) is 10.4. The van der Waals surface area contributed by atoms with E-state index in [-0.39, 0.29) is 24.1 Å². The average molecular weight is 690 g/mol. The molecular formula is C34H50ClN6O5S+. The fourth-order valence-corrected chi connectivity index (χ4v) is 8.53. The molecular weight excluding hydrogens is 640 g/mol. The van der Waals surface area contributed by atoms with Gasteiger partial charge in [-0.2, -0.15) is 14.2 Å². The van der Waals surface area contributed by atoms with Crippen LogP contribution in [0, 0.1) is 23.7 Å². The molecule has 13 heteroatoms. The van der Waals surface area contributed by atoms with E-state index in [9.17, 15) is 23.4 Å². The lowest BCUT2D eigenvalue weighted by molar-refractivity contribution is -0.867. The van der Waals surface area contributed by atoms with Crippen molar-refractivity contribution >= 4 is 27.7 Å². The number of sulfonamides is 1. The number of hydrogen-bond donors (Lipinski definition) is 3. The van der Waals surface area contributed by atoms with E-state index in [2.05, 4.69) is 35.9 Å². The Kier molecular flexibility index (Phi) is 11.7. The number of hydrogen-bond acceptors (Lipinski definition) is 7. The Bertz CT molecular complexity index is 1580. The van der Waals surface area contributed by atoms with Gasteiger partial charge in [0.05, 0.1) is 43.2 Å². The number of quaternary nitrogens is 1. The van der Waals surface area contributed by atoms with Crippen LogP contribution in [0.4, 0.5) is 4.79 Å². The van der Waals surface area contributed by atoms with Gasteiger partial charge in [-0.25, -0.2) is 12.9 Å². The van der Waals surface area contributed by atoms with Crippen LogP contribution in [-0.4, -0.2) is 119 Å². The number of likely N-dealkylation sites (tertiary alicyclic amines) is 1. The number of aromatic nitrogens is 2. The molecule has 0 saturated carbocycles. The maximum absolute atomic E-state index is 12.6. The number of piperidine rings is 2. The summed E-state index contributed by atoms with van der Waals surface area (Å²) >= 11 is 6.54. The van der Waals surface area contributed by atoms with Gasteiger partial charge >= 0.3 is 6.09 Å². The quantitative estimate of drug-likeness (QED) is 0.256. The monoisotopic (exact) mass is 689 g/mol. The largest absolute Gasteiger partial charge is 0.513 e. The lowest BCUT2D eigenvalue weighted by Crippen LogP contribution is -2.60. The minimum Gasteiger partial charge on any atom is -0.435 e. The minimum absolute atomic E-state index is 0.0981. The number of carbonyl (C=O) groups is 1. The number of nitrogens with zero attached hydrogens (tertiary/aromatic N) is 5. The highest BCUT2D eigenvalue weighted by Crippen LogP contribution is 2.35. The first-order chi connectivity index (χ1) is 22.4. The molecule has 47 heavy (non-hydrogen) atoms. The molecule has 4 heterocycles. The Morgan fingerprint density at radius 1 is 1.17 bits per heavy atom. The summed E-state index contributed by atoms with van der Waals surface area (Å²) < 4.78 is 28.2. The molecule has 2 fully saturated rings. The van der Waals surface area contributed by atoms with Gasteiger partial charge in [-0.05, 0) is 63.0 Å². The number of amides is 1. The van der Waals surface area contributed by atoms with Crippen LogP contribution in [0.2, 0.25) is 5.02 Å². The predicted octanol–water partition coefficient (Wildman–Crippen LogP) is 3.48. The topological polar surface area (TPSA) is 128 Å². The van der Waals surface area contributed by atoms with E-state index >= 15 is 0 Å². The Hall–Kier alpha value is -2.50. The van der Waals surface area contributed by atoms with E-state index in [1.165, 1.54) is 10.6 Å². The molecule has 0 unspecified atom stereocenters. The van der Waals surface area contributed by atoms with Gasteiger partial charge in [0.25, 0.3) is 0 Å². The van der Waals surface area contributed by atoms with Crippen molar-refractivity contribution in [3.05, 3.63) is 40.0 Å². The number of aliphatic hydroxyl groups is 1. The summed E-state index contributed by atoms with van der Waals surface area (Å²) in [6.07, 6.45) is 3.79.